The van der Waals surface area contributed by atoms with E-state index in [-0.39, 0.29) is 42.1 Å². The molecule has 1 saturated carbocycles. The monoisotopic (exact) mass is 820 g/mol. The van der Waals surface area contributed by atoms with Crippen molar-refractivity contribution in [1.29, 1.82) is 0 Å². The number of aromatic nitrogens is 2. The number of alkyl halides is 2. The van der Waals surface area contributed by atoms with Gasteiger partial charge in [0.1, 0.15) is 0 Å². The second kappa shape index (κ2) is 14.5. The van der Waals surface area contributed by atoms with Crippen molar-refractivity contribution in [1.82, 2.24) is 9.55 Å². The quantitative estimate of drug-likeness (QED) is 0.0285. The summed E-state index contributed by atoms with van der Waals surface area (Å²) in [5, 5.41) is 0. The average molecular weight is 820 g/mol. The van der Waals surface area contributed by atoms with E-state index in [0.717, 1.165) is 22.3 Å². The molecule has 43 heavy (non-hydrogen) atoms. The number of hydrogen-bond donors (Lipinski definition) is 5. The van der Waals surface area contributed by atoms with Gasteiger partial charge in [-0.1, -0.05) is 0 Å². The van der Waals surface area contributed by atoms with E-state index in [4.69, 9.17) is 29.5 Å². The van der Waals surface area contributed by atoms with Crippen molar-refractivity contribution in [2.45, 2.75) is 54.3 Å². The van der Waals surface area contributed by atoms with Gasteiger partial charge in [0.15, 0.2) is 0 Å². The van der Waals surface area contributed by atoms with Crippen LogP contribution in [0.1, 0.15) is 39.3 Å². The molecule has 1 saturated heterocycles. The summed E-state index contributed by atoms with van der Waals surface area (Å²) in [5.41, 5.74) is 4.87. The number of nitrogens with zero attached hydrogens (tertiary/aromatic N) is 2. The summed E-state index contributed by atoms with van der Waals surface area (Å²) in [6.07, 6.45) is 6.07. The summed E-state index contributed by atoms with van der Waals surface area (Å²) in [5.74, 6) is 2.47. The number of phosphoric ester groups is 1. The number of allylic oxidation sites excluding steroid dienone is 2. The minimum atomic E-state index is -5.68. The van der Waals surface area contributed by atoms with Crippen LogP contribution >= 0.6 is 45.1 Å². The van der Waals surface area contributed by atoms with Gasteiger partial charge < -0.3 is 20.4 Å². The summed E-state index contributed by atoms with van der Waals surface area (Å²) in [6.45, 7) is 3.73. The van der Waals surface area contributed by atoms with Gasteiger partial charge in [0, 0.05) is 0 Å². The molecular weight excluding hydrogens is 786 g/mol. The molecule has 2 bridgehead atoms. The van der Waals surface area contributed by atoms with E-state index in [1.54, 1.807) is 10.8 Å². The first kappa shape index (κ1) is 36.0. The molecule has 6 N–H and O–H groups in total. The van der Waals surface area contributed by atoms with Crippen molar-refractivity contribution in [3.8, 4) is 0 Å². The zero-order valence-electron chi connectivity index (χ0n) is 23.0. The molecule has 8 atom stereocenters. The van der Waals surface area contributed by atoms with Gasteiger partial charge in [-0.2, -0.15) is 4.31 Å². The zero-order chi connectivity index (χ0) is 31.6. The molecule has 22 heteroatoms. The molecule has 0 spiro atoms. The van der Waals surface area contributed by atoms with Crippen LogP contribution in [0.2, 0.25) is 0 Å². The Morgan fingerprint density at radius 2 is 1.88 bits per heavy atom. The third-order valence-corrected chi connectivity index (χ3v) is 18.9. The van der Waals surface area contributed by atoms with Crippen LogP contribution in [0.3, 0.4) is 0 Å². The Labute approximate surface area is 266 Å². The number of hydrogen-bond acceptors (Lipinski definition) is 13. The van der Waals surface area contributed by atoms with Gasteiger partial charge in [0.25, 0.3) is 0 Å². The second-order valence-electron chi connectivity index (χ2n) is 10.5. The van der Waals surface area contributed by atoms with Crippen LogP contribution in [-0.2, 0) is 36.3 Å². The number of rotatable bonds is 16. The van der Waals surface area contributed by atoms with Crippen LogP contribution in [0.25, 0.3) is 0 Å². The SMILES string of the molecule is CC(C)(SSCOC1C[C@H](n2ccc(N)nc2=O)O[C@@H]1COP(=O)(O)OP(=O)(O)OP(=O)(O)O)[I-]CC1CC2C=CC1C2. The summed E-state index contributed by atoms with van der Waals surface area (Å²) in [4.78, 5) is 52.7. The molecule has 2 fully saturated rings. The number of halogens is 1. The number of nitrogens with two attached hydrogens (primary N) is 1. The summed E-state index contributed by atoms with van der Waals surface area (Å²) >= 11 is -0.0928. The fraction of sp³-hybridized carbons (Fsp3) is 0.714. The Bertz CT molecular complexity index is 1380. The van der Waals surface area contributed by atoms with Crippen LogP contribution in [0.4, 0.5) is 5.82 Å². The number of nitrogen functional groups attached to an aromatic ring is 1. The van der Waals surface area contributed by atoms with E-state index in [0.29, 0.717) is 0 Å². The number of ether oxygens (including phenoxy) is 2. The molecule has 1 aromatic rings. The molecule has 1 aromatic heterocycles. The molecule has 16 nitrogen and oxygen atoms in total. The Kier molecular flexibility index (Phi) is 12.2. The molecule has 1 aliphatic heterocycles. The molecule has 246 valence electrons. The predicted molar refractivity (Wildman–Crippen MR) is 154 cm³/mol. The van der Waals surface area contributed by atoms with Gasteiger partial charge >= 0.3 is 233 Å². The van der Waals surface area contributed by atoms with E-state index in [9.17, 15) is 28.3 Å². The van der Waals surface area contributed by atoms with Gasteiger partial charge in [-0.05, 0) is 0 Å². The standard InChI is InChI=1S/C21H34IN3O13P3S2/c1-21(2,22-10-15-8-13-3-4-14(15)7-13)43-42-12-34-16-9-19(25-6-5-18(23)24-20(25)26)36-17(16)11-35-40(30,31)38-41(32,33)37-39(27,28)29/h3-6,13-17,19H,7-12H2,1-2H3,(H,30,31)(H,32,33)(H2,23,24,26)(H2,27,28,29)/q-1/t13?,14?,15?,16?,17-,19-/m1/s1. The molecule has 4 rings (SSSR count). The van der Waals surface area contributed by atoms with Crippen molar-refractivity contribution < 1.29 is 77.1 Å². The van der Waals surface area contributed by atoms with Crippen LogP contribution in [-0.4, -0.2) is 61.1 Å². The normalized spacial score (nSPS) is 30.1. The zero-order valence-corrected chi connectivity index (χ0v) is 29.5. The third-order valence-electron chi connectivity index (χ3n) is 6.76. The van der Waals surface area contributed by atoms with Crippen molar-refractivity contribution in [3.05, 3.63) is 34.9 Å². The topological polar surface area (TPSA) is 239 Å². The van der Waals surface area contributed by atoms with Crippen molar-refractivity contribution in [3.63, 3.8) is 0 Å². The van der Waals surface area contributed by atoms with Gasteiger partial charge in [-0.25, -0.2) is 9.13 Å². The Balaban J connectivity index is 1.32. The van der Waals surface area contributed by atoms with E-state index in [2.05, 4.69) is 39.6 Å². The average Bonchev–Trinajstić information content (AvgIpc) is 3.58. The van der Waals surface area contributed by atoms with Crippen LogP contribution in [0.15, 0.2) is 29.2 Å². The van der Waals surface area contributed by atoms with Gasteiger partial charge in [0.2, 0.25) is 0 Å². The third kappa shape index (κ3) is 11.1. The van der Waals surface area contributed by atoms with E-state index >= 15 is 0 Å². The molecule has 6 unspecified atom stereocenters. The minimum absolute atomic E-state index is 0.00649. The van der Waals surface area contributed by atoms with Crippen molar-refractivity contribution in [2.75, 3.05) is 22.7 Å². The fourth-order valence-electron chi connectivity index (χ4n) is 4.97. The summed E-state index contributed by atoms with van der Waals surface area (Å²) < 4.78 is 61.4. The maximum atomic E-state index is 12.4. The maximum absolute atomic E-state index is 12.4. The first-order valence-corrected chi connectivity index (χ1v) is 22.3. The first-order valence-electron chi connectivity index (χ1n) is 12.9. The second-order valence-corrected chi connectivity index (χ2v) is 22.9. The Morgan fingerprint density at radius 1 is 1.14 bits per heavy atom. The Hall–Kier alpha value is 0.180. The molecule has 3 aliphatic rings. The predicted octanol–water partition coefficient (Wildman–Crippen LogP) is 0.218. The molecule has 0 aromatic carbocycles. The van der Waals surface area contributed by atoms with Crippen LogP contribution < -0.4 is 32.6 Å². The fourth-order valence-corrected chi connectivity index (χ4v) is 15.2. The Morgan fingerprint density at radius 3 is 2.51 bits per heavy atom. The molecule has 2 aliphatic carbocycles. The molecule has 0 amide bonds. The number of phosphoric acid groups is 3. The van der Waals surface area contributed by atoms with Gasteiger partial charge in [0.05, 0.1) is 0 Å². The molecule has 0 radical (unpaired) electrons. The van der Waals surface area contributed by atoms with Gasteiger partial charge in [-0.15, -0.1) is 0 Å². The van der Waals surface area contributed by atoms with Crippen LogP contribution in [0, 0.1) is 17.8 Å². The molecular formula is C21H34IN3O13P3S2-. The van der Waals surface area contributed by atoms with E-state index in [1.807, 2.05) is 0 Å². The van der Waals surface area contributed by atoms with Gasteiger partial charge in [-0.3, -0.25) is 0 Å². The summed E-state index contributed by atoms with van der Waals surface area (Å²) in [7, 11) is -13.4. The number of fused-ring (bicyclic) bond motifs is 2. The van der Waals surface area contributed by atoms with Crippen LogP contribution in [0.5, 0.6) is 0 Å². The summed E-state index contributed by atoms with van der Waals surface area (Å²) in [6, 6.07) is 1.39. The molecule has 2 heterocycles. The van der Waals surface area contributed by atoms with E-state index < -0.39 is 54.2 Å². The first-order chi connectivity index (χ1) is 19.9. The van der Waals surface area contributed by atoms with E-state index in [1.165, 1.54) is 40.3 Å². The number of anilines is 1. The van der Waals surface area contributed by atoms with Crippen molar-refractivity contribution >= 4 is 50.9 Å². The van der Waals surface area contributed by atoms with Crippen molar-refractivity contribution in [2.24, 2.45) is 17.8 Å².